The van der Waals surface area contributed by atoms with Gasteiger partial charge in [0.2, 0.25) is 0 Å². The van der Waals surface area contributed by atoms with Gasteiger partial charge in [-0.1, -0.05) is 23.7 Å². The van der Waals surface area contributed by atoms with Gasteiger partial charge in [-0.2, -0.15) is 5.10 Å². The lowest BCUT2D eigenvalue weighted by Crippen LogP contribution is -2.19. The molecule has 114 valence electrons. The molecule has 2 aromatic carbocycles. The smallest absolute Gasteiger partial charge is 0.271 e. The van der Waals surface area contributed by atoms with E-state index < -0.39 is 23.2 Å². The molecule has 2 rings (SSSR count). The van der Waals surface area contributed by atoms with Crippen LogP contribution in [0.2, 0.25) is 5.02 Å². The Labute approximate surface area is 131 Å². The van der Waals surface area contributed by atoms with Crippen LogP contribution in [-0.4, -0.2) is 26.9 Å². The second-order valence-corrected chi connectivity index (χ2v) is 4.94. The zero-order chi connectivity index (χ0) is 16.3. The van der Waals surface area contributed by atoms with Crippen molar-refractivity contribution in [1.29, 1.82) is 0 Å². The van der Waals surface area contributed by atoms with E-state index in [2.05, 4.69) is 10.5 Å². The number of hydrogen-bond acceptors (Lipinski definition) is 5. The molecule has 0 saturated heterocycles. The number of nitrogens with zero attached hydrogens (tertiary/aromatic N) is 1. The SMILES string of the molecule is CC(=NNC(=O)c1cc(O)c(O)c(O)c1)c1ccc(Cl)cc1. The van der Waals surface area contributed by atoms with Gasteiger partial charge in [0.05, 0.1) is 5.71 Å². The lowest BCUT2D eigenvalue weighted by Gasteiger charge is -2.06. The number of halogens is 1. The topological polar surface area (TPSA) is 102 Å². The van der Waals surface area contributed by atoms with Gasteiger partial charge in [0.1, 0.15) is 0 Å². The molecule has 0 heterocycles. The van der Waals surface area contributed by atoms with Crippen LogP contribution in [0.25, 0.3) is 0 Å². The number of phenols is 3. The molecule has 22 heavy (non-hydrogen) atoms. The van der Waals surface area contributed by atoms with E-state index >= 15 is 0 Å². The average molecular weight is 321 g/mol. The molecule has 0 spiro atoms. The number of benzene rings is 2. The monoisotopic (exact) mass is 320 g/mol. The normalized spacial score (nSPS) is 11.3. The number of carbonyl (C=O) groups is 1. The van der Waals surface area contributed by atoms with Crippen molar-refractivity contribution in [2.45, 2.75) is 6.92 Å². The summed E-state index contributed by atoms with van der Waals surface area (Å²) >= 11 is 5.79. The van der Waals surface area contributed by atoms with Crippen LogP contribution in [0.1, 0.15) is 22.8 Å². The highest BCUT2D eigenvalue weighted by molar-refractivity contribution is 6.30. The molecule has 4 N–H and O–H groups in total. The van der Waals surface area contributed by atoms with E-state index in [0.29, 0.717) is 10.7 Å². The molecule has 7 heteroatoms. The van der Waals surface area contributed by atoms with Crippen LogP contribution in [-0.2, 0) is 0 Å². The third-order valence-corrected chi connectivity index (χ3v) is 3.17. The summed E-state index contributed by atoms with van der Waals surface area (Å²) in [7, 11) is 0. The number of nitrogens with one attached hydrogen (secondary N) is 1. The summed E-state index contributed by atoms with van der Waals surface area (Å²) in [6.45, 7) is 1.70. The number of carbonyl (C=O) groups excluding carboxylic acids is 1. The number of rotatable bonds is 3. The summed E-state index contributed by atoms with van der Waals surface area (Å²) < 4.78 is 0. The van der Waals surface area contributed by atoms with Crippen LogP contribution in [0.15, 0.2) is 41.5 Å². The summed E-state index contributed by atoms with van der Waals surface area (Å²) in [6.07, 6.45) is 0. The van der Waals surface area contributed by atoms with Gasteiger partial charge >= 0.3 is 0 Å². The Hall–Kier alpha value is -2.73. The van der Waals surface area contributed by atoms with Crippen LogP contribution in [0.4, 0.5) is 0 Å². The van der Waals surface area contributed by atoms with E-state index in [9.17, 15) is 20.1 Å². The van der Waals surface area contributed by atoms with Gasteiger partial charge in [0, 0.05) is 10.6 Å². The molecule has 1 amide bonds. The van der Waals surface area contributed by atoms with E-state index in [1.807, 2.05) is 0 Å². The first-order valence-electron chi connectivity index (χ1n) is 6.24. The Bertz CT molecular complexity index is 719. The Morgan fingerprint density at radius 3 is 2.14 bits per heavy atom. The maximum Gasteiger partial charge on any atom is 0.271 e. The second-order valence-electron chi connectivity index (χ2n) is 4.51. The third kappa shape index (κ3) is 3.48. The molecule has 0 fully saturated rings. The van der Waals surface area contributed by atoms with Gasteiger partial charge in [-0.25, -0.2) is 5.43 Å². The largest absolute Gasteiger partial charge is 0.504 e. The predicted octanol–water partition coefficient (Wildman–Crippen LogP) is 2.61. The molecule has 0 atom stereocenters. The summed E-state index contributed by atoms with van der Waals surface area (Å²) in [6, 6.07) is 8.97. The van der Waals surface area contributed by atoms with Crippen LogP contribution in [0, 0.1) is 0 Å². The van der Waals surface area contributed by atoms with E-state index in [4.69, 9.17) is 11.6 Å². The van der Waals surface area contributed by atoms with Crippen LogP contribution < -0.4 is 5.43 Å². The van der Waals surface area contributed by atoms with E-state index in [1.54, 1.807) is 31.2 Å². The zero-order valence-electron chi connectivity index (χ0n) is 11.5. The first-order valence-corrected chi connectivity index (χ1v) is 6.62. The molecule has 6 nitrogen and oxygen atoms in total. The number of hydrogen-bond donors (Lipinski definition) is 4. The molecule has 0 saturated carbocycles. The van der Waals surface area contributed by atoms with Crippen molar-refractivity contribution in [2.24, 2.45) is 5.10 Å². The number of hydrazone groups is 1. The minimum Gasteiger partial charge on any atom is -0.504 e. The summed E-state index contributed by atoms with van der Waals surface area (Å²) in [4.78, 5) is 11.9. The standard InChI is InChI=1S/C15H13ClN2O4/c1-8(9-2-4-11(16)5-3-9)17-18-15(22)10-6-12(19)14(21)13(20)7-10/h2-7,19-21H,1H3,(H,18,22). The van der Waals surface area contributed by atoms with Gasteiger partial charge in [-0.05, 0) is 36.8 Å². The lowest BCUT2D eigenvalue weighted by molar-refractivity contribution is 0.0954. The molecule has 0 aliphatic heterocycles. The lowest BCUT2D eigenvalue weighted by atomic mass is 10.1. The predicted molar refractivity (Wildman–Crippen MR) is 82.6 cm³/mol. The first-order chi connectivity index (χ1) is 10.4. The molecule has 0 aliphatic carbocycles. The maximum atomic E-state index is 11.9. The molecule has 2 aromatic rings. The molecule has 0 unspecified atom stereocenters. The minimum absolute atomic E-state index is 0.0412. The van der Waals surface area contributed by atoms with Crippen molar-refractivity contribution in [3.63, 3.8) is 0 Å². The Morgan fingerprint density at radius 2 is 1.59 bits per heavy atom. The fourth-order valence-electron chi connectivity index (χ4n) is 1.69. The van der Waals surface area contributed by atoms with Crippen molar-refractivity contribution < 1.29 is 20.1 Å². The van der Waals surface area contributed by atoms with Crippen LogP contribution in [0.3, 0.4) is 0 Å². The molecular formula is C15H13ClN2O4. The highest BCUT2D eigenvalue weighted by atomic mass is 35.5. The number of aromatic hydroxyl groups is 3. The average Bonchev–Trinajstić information content (AvgIpc) is 2.50. The van der Waals surface area contributed by atoms with Gasteiger partial charge in [-0.3, -0.25) is 4.79 Å². The number of amides is 1. The Balaban J connectivity index is 2.15. The maximum absolute atomic E-state index is 11.9. The highest BCUT2D eigenvalue weighted by Gasteiger charge is 2.13. The fraction of sp³-hybridized carbons (Fsp3) is 0.0667. The van der Waals surface area contributed by atoms with Gasteiger partial charge in [0.15, 0.2) is 17.2 Å². The molecule has 0 aliphatic rings. The molecular weight excluding hydrogens is 308 g/mol. The summed E-state index contributed by atoms with van der Waals surface area (Å²) in [5.74, 6) is -2.51. The first kappa shape index (κ1) is 15.7. The van der Waals surface area contributed by atoms with E-state index in [1.165, 1.54) is 0 Å². The Morgan fingerprint density at radius 1 is 1.05 bits per heavy atom. The Kier molecular flexibility index (Phi) is 4.53. The summed E-state index contributed by atoms with van der Waals surface area (Å²) in [5, 5.41) is 32.5. The van der Waals surface area contributed by atoms with Crippen molar-refractivity contribution in [3.8, 4) is 17.2 Å². The van der Waals surface area contributed by atoms with Crippen molar-refractivity contribution in [1.82, 2.24) is 5.43 Å². The third-order valence-electron chi connectivity index (χ3n) is 2.92. The second kappa shape index (κ2) is 6.36. The fourth-order valence-corrected chi connectivity index (χ4v) is 1.82. The van der Waals surface area contributed by atoms with Gasteiger partial charge in [-0.15, -0.1) is 0 Å². The van der Waals surface area contributed by atoms with Gasteiger partial charge < -0.3 is 15.3 Å². The van der Waals surface area contributed by atoms with Crippen molar-refractivity contribution in [2.75, 3.05) is 0 Å². The molecule has 0 radical (unpaired) electrons. The quantitative estimate of drug-likeness (QED) is 0.396. The van der Waals surface area contributed by atoms with E-state index in [0.717, 1.165) is 17.7 Å². The van der Waals surface area contributed by atoms with E-state index in [-0.39, 0.29) is 5.56 Å². The zero-order valence-corrected chi connectivity index (χ0v) is 12.3. The summed E-state index contributed by atoms with van der Waals surface area (Å²) in [5.41, 5.74) is 3.59. The van der Waals surface area contributed by atoms with Crippen molar-refractivity contribution in [3.05, 3.63) is 52.5 Å². The minimum atomic E-state index is -0.683. The number of phenolic OH excluding ortho intramolecular Hbond substituents is 3. The van der Waals surface area contributed by atoms with Crippen LogP contribution in [0.5, 0.6) is 17.2 Å². The van der Waals surface area contributed by atoms with Crippen LogP contribution >= 0.6 is 11.6 Å². The van der Waals surface area contributed by atoms with Gasteiger partial charge in [0.25, 0.3) is 5.91 Å². The van der Waals surface area contributed by atoms with Crippen molar-refractivity contribution >= 4 is 23.2 Å². The molecule has 0 bridgehead atoms. The highest BCUT2D eigenvalue weighted by Crippen LogP contribution is 2.35. The molecule has 0 aromatic heterocycles.